The maximum absolute atomic E-state index is 12.3. The minimum absolute atomic E-state index is 0.0212. The minimum Gasteiger partial charge on any atom is -0.328 e. The molecule has 2 rings (SSSR count). The van der Waals surface area contributed by atoms with Crippen molar-refractivity contribution in [2.75, 3.05) is 6.54 Å². The van der Waals surface area contributed by atoms with Gasteiger partial charge < -0.3 is 5.73 Å². The van der Waals surface area contributed by atoms with Gasteiger partial charge in [-0.3, -0.25) is 14.5 Å². The molecule has 102 valence electrons. The van der Waals surface area contributed by atoms with Crippen LogP contribution in [0.15, 0.2) is 0 Å². The maximum Gasteiger partial charge on any atom is 0.233 e. The van der Waals surface area contributed by atoms with Gasteiger partial charge in [-0.1, -0.05) is 33.6 Å². The molecule has 2 N–H and O–H groups in total. The number of nitrogens with two attached hydrogens (primary N) is 1. The summed E-state index contributed by atoms with van der Waals surface area (Å²) in [7, 11) is 0. The Morgan fingerprint density at radius 1 is 1.22 bits per heavy atom. The van der Waals surface area contributed by atoms with Crippen LogP contribution in [0.2, 0.25) is 0 Å². The van der Waals surface area contributed by atoms with Crippen molar-refractivity contribution < 1.29 is 9.59 Å². The number of nitrogens with zero attached hydrogens (tertiary/aromatic N) is 1. The molecular weight excluding hydrogens is 228 g/mol. The summed E-state index contributed by atoms with van der Waals surface area (Å²) in [5.74, 6) is 0.101. The van der Waals surface area contributed by atoms with Gasteiger partial charge in [-0.25, -0.2) is 0 Å². The summed E-state index contributed by atoms with van der Waals surface area (Å²) in [6, 6.07) is 0. The van der Waals surface area contributed by atoms with E-state index in [-0.39, 0.29) is 23.7 Å². The van der Waals surface area contributed by atoms with Gasteiger partial charge in [-0.2, -0.15) is 0 Å². The van der Waals surface area contributed by atoms with E-state index in [4.69, 9.17) is 5.73 Å². The van der Waals surface area contributed by atoms with Crippen LogP contribution >= 0.6 is 0 Å². The highest BCUT2D eigenvalue weighted by Crippen LogP contribution is 2.41. The van der Waals surface area contributed by atoms with Crippen LogP contribution in [0.25, 0.3) is 0 Å². The molecule has 1 saturated carbocycles. The number of carbonyl (C=O) groups is 2. The summed E-state index contributed by atoms with van der Waals surface area (Å²) in [4.78, 5) is 26.2. The quantitative estimate of drug-likeness (QED) is 0.758. The molecule has 18 heavy (non-hydrogen) atoms. The highest BCUT2D eigenvalue weighted by atomic mass is 16.2. The number of imide groups is 1. The van der Waals surface area contributed by atoms with Gasteiger partial charge in [0.05, 0.1) is 5.54 Å². The molecule has 1 aliphatic heterocycles. The molecule has 0 radical (unpaired) electrons. The van der Waals surface area contributed by atoms with Crippen LogP contribution in [0.4, 0.5) is 0 Å². The van der Waals surface area contributed by atoms with Crippen LogP contribution in [-0.4, -0.2) is 28.8 Å². The first-order valence-corrected chi connectivity index (χ1v) is 7.01. The van der Waals surface area contributed by atoms with E-state index in [2.05, 4.69) is 6.92 Å². The van der Waals surface area contributed by atoms with Gasteiger partial charge >= 0.3 is 0 Å². The Morgan fingerprint density at radius 3 is 2.22 bits per heavy atom. The average molecular weight is 252 g/mol. The zero-order valence-electron chi connectivity index (χ0n) is 11.6. The lowest BCUT2D eigenvalue weighted by molar-refractivity contribution is -0.149. The minimum atomic E-state index is -0.412. The van der Waals surface area contributed by atoms with E-state index in [0.29, 0.717) is 12.5 Å². The molecule has 0 spiro atoms. The predicted molar refractivity (Wildman–Crippen MR) is 69.6 cm³/mol. The van der Waals surface area contributed by atoms with Crippen molar-refractivity contribution in [2.45, 2.75) is 52.0 Å². The maximum atomic E-state index is 12.3. The van der Waals surface area contributed by atoms with E-state index >= 15 is 0 Å². The van der Waals surface area contributed by atoms with Gasteiger partial charge in [-0.05, 0) is 18.8 Å². The van der Waals surface area contributed by atoms with Crippen LogP contribution in [0, 0.1) is 17.8 Å². The number of rotatable bonds is 2. The Labute approximate surface area is 109 Å². The Balaban J connectivity index is 2.33. The Morgan fingerprint density at radius 2 is 1.78 bits per heavy atom. The third-order valence-electron chi connectivity index (χ3n) is 4.89. The van der Waals surface area contributed by atoms with Crippen LogP contribution < -0.4 is 5.73 Å². The summed E-state index contributed by atoms with van der Waals surface area (Å²) >= 11 is 0. The second kappa shape index (κ2) is 4.65. The van der Waals surface area contributed by atoms with E-state index in [9.17, 15) is 9.59 Å². The number of amides is 2. The standard InChI is InChI=1S/C14H24N2O2/c1-9-5-4-6-14(7-9,8-15)16-12(17)10(2)11(3)13(16)18/h9-11H,4-8,15H2,1-3H3. The lowest BCUT2D eigenvalue weighted by Gasteiger charge is -2.45. The molecule has 2 fully saturated rings. The van der Waals surface area contributed by atoms with Gasteiger partial charge in [-0.15, -0.1) is 0 Å². The van der Waals surface area contributed by atoms with E-state index in [1.54, 1.807) is 0 Å². The fourth-order valence-corrected chi connectivity index (χ4v) is 3.52. The molecule has 2 aliphatic rings. The molecule has 4 nitrogen and oxygen atoms in total. The SMILES string of the molecule is CC1CCCC(CN)(N2C(=O)C(C)C(C)C2=O)C1. The molecule has 0 aromatic heterocycles. The summed E-state index contributed by atoms with van der Waals surface area (Å²) in [5, 5.41) is 0. The van der Waals surface area contributed by atoms with Gasteiger partial charge in [0.1, 0.15) is 0 Å². The Hall–Kier alpha value is -0.900. The smallest absolute Gasteiger partial charge is 0.233 e. The third-order valence-corrected chi connectivity index (χ3v) is 4.89. The fourth-order valence-electron chi connectivity index (χ4n) is 3.52. The molecule has 1 heterocycles. The van der Waals surface area contributed by atoms with Gasteiger partial charge in [0.15, 0.2) is 0 Å². The summed E-state index contributed by atoms with van der Waals surface area (Å²) in [5.41, 5.74) is 5.54. The molecule has 0 aromatic carbocycles. The summed E-state index contributed by atoms with van der Waals surface area (Å²) in [6.07, 6.45) is 3.95. The first-order valence-electron chi connectivity index (χ1n) is 7.01. The molecular formula is C14H24N2O2. The Bertz CT molecular complexity index is 349. The van der Waals surface area contributed by atoms with E-state index in [1.807, 2.05) is 13.8 Å². The fraction of sp³-hybridized carbons (Fsp3) is 0.857. The lowest BCUT2D eigenvalue weighted by Crippen LogP contribution is -2.58. The highest BCUT2D eigenvalue weighted by Gasteiger charge is 2.52. The molecule has 4 heteroatoms. The largest absolute Gasteiger partial charge is 0.328 e. The van der Waals surface area contributed by atoms with Crippen LogP contribution in [-0.2, 0) is 9.59 Å². The van der Waals surface area contributed by atoms with Crippen LogP contribution in [0.1, 0.15) is 46.5 Å². The van der Waals surface area contributed by atoms with Crippen molar-refractivity contribution >= 4 is 11.8 Å². The van der Waals surface area contributed by atoms with Crippen LogP contribution in [0.3, 0.4) is 0 Å². The monoisotopic (exact) mass is 252 g/mol. The van der Waals surface area contributed by atoms with E-state index in [1.165, 1.54) is 11.3 Å². The van der Waals surface area contributed by atoms with Crippen molar-refractivity contribution in [3.63, 3.8) is 0 Å². The second-order valence-electron chi connectivity index (χ2n) is 6.22. The molecule has 0 aromatic rings. The second-order valence-corrected chi connectivity index (χ2v) is 6.22. The first-order chi connectivity index (χ1) is 8.43. The highest BCUT2D eigenvalue weighted by molar-refractivity contribution is 6.05. The zero-order chi connectivity index (χ0) is 13.5. The van der Waals surface area contributed by atoms with Crippen molar-refractivity contribution in [3.05, 3.63) is 0 Å². The third kappa shape index (κ3) is 1.87. The molecule has 2 amide bonds. The number of likely N-dealkylation sites (tertiary alicyclic amines) is 1. The van der Waals surface area contributed by atoms with Gasteiger partial charge in [0, 0.05) is 18.4 Å². The molecule has 0 bridgehead atoms. The Kier molecular flexibility index (Phi) is 3.49. The number of carbonyl (C=O) groups excluding carboxylic acids is 2. The van der Waals surface area contributed by atoms with Crippen molar-refractivity contribution in [1.82, 2.24) is 4.90 Å². The van der Waals surface area contributed by atoms with Crippen molar-refractivity contribution in [2.24, 2.45) is 23.5 Å². The molecule has 1 aliphatic carbocycles. The lowest BCUT2D eigenvalue weighted by atomic mass is 9.75. The van der Waals surface area contributed by atoms with E-state index < -0.39 is 5.54 Å². The predicted octanol–water partition coefficient (Wildman–Crippen LogP) is 1.54. The average Bonchev–Trinajstić information content (AvgIpc) is 2.54. The molecule has 4 unspecified atom stereocenters. The van der Waals surface area contributed by atoms with E-state index in [0.717, 1.165) is 19.3 Å². The van der Waals surface area contributed by atoms with Crippen molar-refractivity contribution in [1.29, 1.82) is 0 Å². The topological polar surface area (TPSA) is 63.4 Å². The molecule has 1 saturated heterocycles. The zero-order valence-corrected chi connectivity index (χ0v) is 11.6. The summed E-state index contributed by atoms with van der Waals surface area (Å²) in [6.45, 7) is 6.28. The van der Waals surface area contributed by atoms with Gasteiger partial charge in [0.2, 0.25) is 11.8 Å². The van der Waals surface area contributed by atoms with Crippen molar-refractivity contribution in [3.8, 4) is 0 Å². The van der Waals surface area contributed by atoms with Gasteiger partial charge in [0.25, 0.3) is 0 Å². The summed E-state index contributed by atoms with van der Waals surface area (Å²) < 4.78 is 0. The van der Waals surface area contributed by atoms with Crippen LogP contribution in [0.5, 0.6) is 0 Å². The molecule has 4 atom stereocenters. The normalized spacial score (nSPS) is 41.6. The first kappa shape index (κ1) is 13.5. The number of hydrogen-bond acceptors (Lipinski definition) is 3. The number of hydrogen-bond donors (Lipinski definition) is 1.